The van der Waals surface area contributed by atoms with Crippen molar-refractivity contribution >= 4 is 5.91 Å². The van der Waals surface area contributed by atoms with Crippen molar-refractivity contribution in [2.45, 2.75) is 19.8 Å². The number of halogens is 2. The van der Waals surface area contributed by atoms with Gasteiger partial charge in [0, 0.05) is 13.1 Å². The van der Waals surface area contributed by atoms with E-state index in [0.717, 1.165) is 18.6 Å². The van der Waals surface area contributed by atoms with Gasteiger partial charge in [0.15, 0.2) is 11.6 Å². The molecule has 2 N–H and O–H groups in total. The Morgan fingerprint density at radius 3 is 2.80 bits per heavy atom. The fraction of sp³-hybridized carbons (Fsp3) is 0.533. The van der Waals surface area contributed by atoms with Gasteiger partial charge in [0.2, 0.25) is 5.91 Å². The number of amides is 1. The van der Waals surface area contributed by atoms with Gasteiger partial charge in [-0.25, -0.2) is 8.78 Å². The number of piperidine rings is 1. The maximum Gasteiger partial charge on any atom is 0.227 e. The van der Waals surface area contributed by atoms with Gasteiger partial charge < -0.3 is 10.6 Å². The van der Waals surface area contributed by atoms with Crippen molar-refractivity contribution in [2.75, 3.05) is 19.6 Å². The number of benzene rings is 1. The molecule has 1 saturated heterocycles. The second-order valence-electron chi connectivity index (χ2n) is 5.53. The largest absolute Gasteiger partial charge is 0.342 e. The van der Waals surface area contributed by atoms with Gasteiger partial charge in [-0.05, 0) is 42.5 Å². The van der Waals surface area contributed by atoms with Crippen LogP contribution in [0.4, 0.5) is 8.78 Å². The van der Waals surface area contributed by atoms with Crippen molar-refractivity contribution in [1.82, 2.24) is 4.90 Å². The van der Waals surface area contributed by atoms with E-state index in [1.54, 1.807) is 4.90 Å². The smallest absolute Gasteiger partial charge is 0.227 e. The number of hydrogen-bond acceptors (Lipinski definition) is 2. The molecule has 110 valence electrons. The van der Waals surface area contributed by atoms with Crippen molar-refractivity contribution in [3.8, 4) is 0 Å². The number of carbonyl (C=O) groups excluding carboxylic acids is 1. The van der Waals surface area contributed by atoms with Crippen LogP contribution in [0, 0.1) is 23.5 Å². The third kappa shape index (κ3) is 3.33. The first kappa shape index (κ1) is 14.9. The predicted octanol–water partition coefficient (Wildman–Crippen LogP) is 1.95. The highest BCUT2D eigenvalue weighted by molar-refractivity contribution is 5.78. The van der Waals surface area contributed by atoms with Crippen LogP contribution in [0.25, 0.3) is 0 Å². The van der Waals surface area contributed by atoms with Crippen LogP contribution >= 0.6 is 0 Å². The fourth-order valence-electron chi connectivity index (χ4n) is 2.62. The maximum absolute atomic E-state index is 13.1. The zero-order valence-corrected chi connectivity index (χ0v) is 11.6. The highest BCUT2D eigenvalue weighted by Crippen LogP contribution is 2.23. The molecule has 1 aliphatic rings. The summed E-state index contributed by atoms with van der Waals surface area (Å²) in [6, 6.07) is 3.59. The van der Waals surface area contributed by atoms with E-state index in [-0.39, 0.29) is 12.3 Å². The monoisotopic (exact) mass is 282 g/mol. The second-order valence-corrected chi connectivity index (χ2v) is 5.53. The molecule has 20 heavy (non-hydrogen) atoms. The van der Waals surface area contributed by atoms with Crippen LogP contribution < -0.4 is 5.73 Å². The summed E-state index contributed by atoms with van der Waals surface area (Å²) in [7, 11) is 0. The minimum absolute atomic E-state index is 0.0543. The Morgan fingerprint density at radius 1 is 1.40 bits per heavy atom. The van der Waals surface area contributed by atoms with Crippen molar-refractivity contribution in [3.05, 3.63) is 35.4 Å². The quantitative estimate of drug-likeness (QED) is 0.921. The average Bonchev–Trinajstić information content (AvgIpc) is 2.43. The molecule has 3 nitrogen and oxygen atoms in total. The zero-order chi connectivity index (χ0) is 14.7. The van der Waals surface area contributed by atoms with Crippen LogP contribution in [-0.2, 0) is 11.2 Å². The van der Waals surface area contributed by atoms with E-state index in [4.69, 9.17) is 5.73 Å². The van der Waals surface area contributed by atoms with E-state index in [1.165, 1.54) is 6.07 Å². The van der Waals surface area contributed by atoms with E-state index >= 15 is 0 Å². The molecule has 1 heterocycles. The Kier molecular flexibility index (Phi) is 4.70. The zero-order valence-electron chi connectivity index (χ0n) is 11.6. The summed E-state index contributed by atoms with van der Waals surface area (Å²) < 4.78 is 26.0. The minimum Gasteiger partial charge on any atom is -0.342 e. The number of rotatable bonds is 3. The first-order valence-electron chi connectivity index (χ1n) is 6.93. The average molecular weight is 282 g/mol. The summed E-state index contributed by atoms with van der Waals surface area (Å²) >= 11 is 0. The Balaban J connectivity index is 1.99. The van der Waals surface area contributed by atoms with E-state index in [2.05, 4.69) is 6.92 Å². The summed E-state index contributed by atoms with van der Waals surface area (Å²) in [4.78, 5) is 14.0. The molecule has 1 amide bonds. The first-order chi connectivity index (χ1) is 9.51. The SMILES string of the molecule is CC1CCN(C(=O)Cc2ccc(F)c(F)c2)CC1CN. The summed E-state index contributed by atoms with van der Waals surface area (Å²) in [6.45, 7) is 4.07. The number of hydrogen-bond donors (Lipinski definition) is 1. The van der Waals surface area contributed by atoms with E-state index in [9.17, 15) is 13.6 Å². The molecule has 2 unspecified atom stereocenters. The lowest BCUT2D eigenvalue weighted by Crippen LogP contribution is -2.46. The number of nitrogens with zero attached hydrogens (tertiary/aromatic N) is 1. The maximum atomic E-state index is 13.1. The molecular formula is C15H20F2N2O. The van der Waals surface area contributed by atoms with Gasteiger partial charge in [0.05, 0.1) is 6.42 Å². The van der Waals surface area contributed by atoms with Gasteiger partial charge in [0.1, 0.15) is 0 Å². The highest BCUT2D eigenvalue weighted by atomic mass is 19.2. The van der Waals surface area contributed by atoms with Gasteiger partial charge in [-0.15, -0.1) is 0 Å². The van der Waals surface area contributed by atoms with Gasteiger partial charge in [0.25, 0.3) is 0 Å². The topological polar surface area (TPSA) is 46.3 Å². The van der Waals surface area contributed by atoms with Gasteiger partial charge >= 0.3 is 0 Å². The Morgan fingerprint density at radius 2 is 2.15 bits per heavy atom. The fourth-order valence-corrected chi connectivity index (χ4v) is 2.62. The molecule has 0 aromatic heterocycles. The summed E-state index contributed by atoms with van der Waals surface area (Å²) in [6.07, 6.45) is 1.04. The summed E-state index contributed by atoms with van der Waals surface area (Å²) in [5.41, 5.74) is 6.21. The number of nitrogens with two attached hydrogens (primary N) is 1. The Bertz CT molecular complexity index is 493. The molecule has 1 aliphatic heterocycles. The van der Waals surface area contributed by atoms with E-state index in [1.807, 2.05) is 0 Å². The standard InChI is InChI=1S/C15H20F2N2O/c1-10-4-5-19(9-12(10)8-18)15(20)7-11-2-3-13(16)14(17)6-11/h2-3,6,10,12H,4-5,7-9,18H2,1H3. The lowest BCUT2D eigenvalue weighted by atomic mass is 9.87. The van der Waals surface area contributed by atoms with Crippen LogP contribution in [0.15, 0.2) is 18.2 Å². The molecule has 2 atom stereocenters. The van der Waals surface area contributed by atoms with Crippen molar-refractivity contribution in [1.29, 1.82) is 0 Å². The van der Waals surface area contributed by atoms with Crippen LogP contribution in [0.5, 0.6) is 0 Å². The molecule has 5 heteroatoms. The van der Waals surface area contributed by atoms with Crippen molar-refractivity contribution in [3.63, 3.8) is 0 Å². The number of likely N-dealkylation sites (tertiary alicyclic amines) is 1. The Hall–Kier alpha value is -1.49. The third-order valence-electron chi connectivity index (χ3n) is 4.11. The molecule has 0 aliphatic carbocycles. The van der Waals surface area contributed by atoms with Crippen LogP contribution in [-0.4, -0.2) is 30.4 Å². The van der Waals surface area contributed by atoms with Crippen LogP contribution in [0.2, 0.25) is 0 Å². The van der Waals surface area contributed by atoms with Gasteiger partial charge in [-0.2, -0.15) is 0 Å². The predicted molar refractivity (Wildman–Crippen MR) is 73.0 cm³/mol. The van der Waals surface area contributed by atoms with Gasteiger partial charge in [-0.1, -0.05) is 13.0 Å². The lowest BCUT2D eigenvalue weighted by Gasteiger charge is -2.36. The van der Waals surface area contributed by atoms with Crippen LogP contribution in [0.1, 0.15) is 18.9 Å². The molecule has 0 bridgehead atoms. The summed E-state index contributed by atoms with van der Waals surface area (Å²) in [5, 5.41) is 0. The minimum atomic E-state index is -0.914. The number of carbonyl (C=O) groups is 1. The molecular weight excluding hydrogens is 262 g/mol. The third-order valence-corrected chi connectivity index (χ3v) is 4.11. The molecule has 0 saturated carbocycles. The molecule has 0 spiro atoms. The normalized spacial score (nSPS) is 22.9. The van der Waals surface area contributed by atoms with E-state index in [0.29, 0.717) is 37.0 Å². The summed E-state index contributed by atoms with van der Waals surface area (Å²) in [5.74, 6) is -1.02. The first-order valence-corrected chi connectivity index (χ1v) is 6.93. The van der Waals surface area contributed by atoms with Crippen LogP contribution in [0.3, 0.4) is 0 Å². The molecule has 1 aromatic rings. The second kappa shape index (κ2) is 6.31. The Labute approximate surface area is 117 Å². The van der Waals surface area contributed by atoms with Gasteiger partial charge in [-0.3, -0.25) is 4.79 Å². The van der Waals surface area contributed by atoms with Crippen molar-refractivity contribution < 1.29 is 13.6 Å². The highest BCUT2D eigenvalue weighted by Gasteiger charge is 2.27. The molecule has 0 radical (unpaired) electrons. The van der Waals surface area contributed by atoms with E-state index < -0.39 is 11.6 Å². The molecule has 2 rings (SSSR count). The molecule has 1 fully saturated rings. The van der Waals surface area contributed by atoms with Crippen molar-refractivity contribution in [2.24, 2.45) is 17.6 Å². The lowest BCUT2D eigenvalue weighted by molar-refractivity contribution is -0.132. The molecule has 1 aromatic carbocycles.